The molecule has 0 bridgehead atoms. The molecule has 3 aromatic rings. The van der Waals surface area contributed by atoms with Gasteiger partial charge >= 0.3 is 0 Å². The van der Waals surface area contributed by atoms with Gasteiger partial charge in [0.1, 0.15) is 0 Å². The van der Waals surface area contributed by atoms with Gasteiger partial charge in [-0.1, -0.05) is 13.0 Å². The maximum atomic E-state index is 12.8. The Kier molecular flexibility index (Phi) is 7.32. The van der Waals surface area contributed by atoms with Crippen molar-refractivity contribution in [3.05, 3.63) is 63.2 Å². The first-order valence-electron chi connectivity index (χ1n) is 9.90. The van der Waals surface area contributed by atoms with Gasteiger partial charge in [0.2, 0.25) is 5.91 Å². The highest BCUT2D eigenvalue weighted by atomic mass is 32.1. The van der Waals surface area contributed by atoms with E-state index < -0.39 is 0 Å². The van der Waals surface area contributed by atoms with Gasteiger partial charge < -0.3 is 20.4 Å². The summed E-state index contributed by atoms with van der Waals surface area (Å²) in [6, 6.07) is 11.7. The molecule has 0 radical (unpaired) electrons. The molecule has 2 amide bonds. The molecule has 0 saturated heterocycles. The number of methoxy groups -OCH3 is 1. The molecule has 0 spiro atoms. The third-order valence-electron chi connectivity index (χ3n) is 4.70. The Hall–Kier alpha value is -3.30. The third kappa shape index (κ3) is 5.44. The molecule has 9 heteroatoms. The van der Waals surface area contributed by atoms with Gasteiger partial charge in [-0.15, -0.1) is 0 Å². The quantitative estimate of drug-likeness (QED) is 0.366. The number of benzene rings is 2. The number of aromatic nitrogens is 2. The highest BCUT2D eigenvalue weighted by molar-refractivity contribution is 7.71. The van der Waals surface area contributed by atoms with Gasteiger partial charge in [0.15, 0.2) is 4.77 Å². The van der Waals surface area contributed by atoms with Gasteiger partial charge in [0, 0.05) is 43.6 Å². The van der Waals surface area contributed by atoms with Gasteiger partial charge in [-0.25, -0.2) is 0 Å². The molecule has 3 rings (SSSR count). The van der Waals surface area contributed by atoms with E-state index in [4.69, 9.17) is 17.0 Å². The number of hydrogen-bond donors (Lipinski definition) is 3. The molecule has 0 aliphatic rings. The lowest BCUT2D eigenvalue weighted by molar-refractivity contribution is -0.115. The molecule has 0 saturated carbocycles. The number of carbonyl (C=O) groups excluding carboxylic acids is 2. The van der Waals surface area contributed by atoms with Crippen LogP contribution in [0.4, 0.5) is 11.4 Å². The van der Waals surface area contributed by atoms with E-state index in [1.165, 1.54) is 4.57 Å². The summed E-state index contributed by atoms with van der Waals surface area (Å²) in [6.45, 7) is 2.74. The van der Waals surface area contributed by atoms with Gasteiger partial charge in [-0.05, 0) is 55.0 Å². The molecular formula is C22H24N4O4S. The Bertz CT molecular complexity index is 1230. The van der Waals surface area contributed by atoms with Gasteiger partial charge in [-0.3, -0.25) is 19.0 Å². The van der Waals surface area contributed by atoms with Crippen LogP contribution >= 0.6 is 12.2 Å². The zero-order valence-electron chi connectivity index (χ0n) is 17.4. The van der Waals surface area contributed by atoms with Crippen molar-refractivity contribution in [3.63, 3.8) is 0 Å². The predicted molar refractivity (Wildman–Crippen MR) is 123 cm³/mol. The molecule has 0 fully saturated rings. The number of fused-ring (bicyclic) bond motifs is 1. The molecular weight excluding hydrogens is 416 g/mol. The van der Waals surface area contributed by atoms with Crippen molar-refractivity contribution in [2.45, 2.75) is 26.3 Å². The highest BCUT2D eigenvalue weighted by Gasteiger charge is 2.11. The van der Waals surface area contributed by atoms with E-state index in [2.05, 4.69) is 15.6 Å². The van der Waals surface area contributed by atoms with Crippen molar-refractivity contribution in [2.24, 2.45) is 0 Å². The predicted octanol–water partition coefficient (Wildman–Crippen LogP) is 3.70. The first-order valence-corrected chi connectivity index (χ1v) is 10.3. The average Bonchev–Trinajstić information content (AvgIpc) is 2.75. The monoisotopic (exact) mass is 440 g/mol. The molecule has 1 heterocycles. The molecule has 8 nitrogen and oxygen atoms in total. The normalized spacial score (nSPS) is 10.8. The molecule has 0 atom stereocenters. The lowest BCUT2D eigenvalue weighted by atomic mass is 10.1. The molecule has 1 aromatic heterocycles. The van der Waals surface area contributed by atoms with E-state index in [0.29, 0.717) is 58.6 Å². The van der Waals surface area contributed by atoms with Gasteiger partial charge in [0.05, 0.1) is 10.9 Å². The second-order valence-corrected chi connectivity index (χ2v) is 7.32. The van der Waals surface area contributed by atoms with Crippen molar-refractivity contribution >= 4 is 46.3 Å². The van der Waals surface area contributed by atoms with E-state index in [1.807, 2.05) is 0 Å². The molecule has 31 heavy (non-hydrogen) atoms. The van der Waals surface area contributed by atoms with Gasteiger partial charge in [0.25, 0.3) is 11.5 Å². The zero-order chi connectivity index (χ0) is 22.4. The maximum absolute atomic E-state index is 12.8. The number of aromatic amines is 1. The van der Waals surface area contributed by atoms with Crippen molar-refractivity contribution in [3.8, 4) is 0 Å². The van der Waals surface area contributed by atoms with Crippen LogP contribution in [-0.4, -0.2) is 35.1 Å². The van der Waals surface area contributed by atoms with Crippen molar-refractivity contribution in [1.82, 2.24) is 9.55 Å². The minimum Gasteiger partial charge on any atom is -0.385 e. The number of hydrogen-bond acceptors (Lipinski definition) is 5. The van der Waals surface area contributed by atoms with Crippen LogP contribution in [0.15, 0.2) is 47.3 Å². The fourth-order valence-corrected chi connectivity index (χ4v) is 3.38. The number of carbonyl (C=O) groups is 2. The Labute approximate surface area is 184 Å². The van der Waals surface area contributed by atoms with Crippen LogP contribution in [0.25, 0.3) is 10.9 Å². The lowest BCUT2D eigenvalue weighted by Crippen LogP contribution is -2.23. The summed E-state index contributed by atoms with van der Waals surface area (Å²) in [5.74, 6) is -0.453. The summed E-state index contributed by atoms with van der Waals surface area (Å²) in [7, 11) is 1.61. The lowest BCUT2D eigenvalue weighted by Gasteiger charge is -2.10. The summed E-state index contributed by atoms with van der Waals surface area (Å²) >= 11 is 5.32. The van der Waals surface area contributed by atoms with Crippen LogP contribution in [0.2, 0.25) is 0 Å². The number of rotatable bonds is 8. The number of H-pyrrole nitrogens is 1. The van der Waals surface area contributed by atoms with E-state index in [9.17, 15) is 14.4 Å². The fraction of sp³-hybridized carbons (Fsp3) is 0.273. The topological polar surface area (TPSA) is 105 Å². The van der Waals surface area contributed by atoms with Crippen LogP contribution in [0.3, 0.4) is 0 Å². The molecule has 0 aliphatic heterocycles. The summed E-state index contributed by atoms with van der Waals surface area (Å²) in [4.78, 5) is 40.1. The van der Waals surface area contributed by atoms with Crippen molar-refractivity contribution in [1.29, 1.82) is 0 Å². The minimum atomic E-state index is -0.343. The smallest absolute Gasteiger partial charge is 0.262 e. The Morgan fingerprint density at radius 3 is 2.58 bits per heavy atom. The highest BCUT2D eigenvalue weighted by Crippen LogP contribution is 2.18. The van der Waals surface area contributed by atoms with E-state index in [-0.39, 0.29) is 17.4 Å². The largest absolute Gasteiger partial charge is 0.385 e. The first-order chi connectivity index (χ1) is 14.9. The number of nitrogens with one attached hydrogen (secondary N) is 3. The van der Waals surface area contributed by atoms with Crippen LogP contribution < -0.4 is 16.2 Å². The SMILES string of the molecule is CCC(=O)Nc1cccc(NC(=O)c2ccc3c(=O)n(CCCOC)c(=S)[nH]c3c2)c1. The Morgan fingerprint density at radius 2 is 1.87 bits per heavy atom. The maximum Gasteiger partial charge on any atom is 0.262 e. The number of amides is 2. The van der Waals surface area contributed by atoms with Crippen LogP contribution in [0.5, 0.6) is 0 Å². The summed E-state index contributed by atoms with van der Waals surface area (Å²) < 4.78 is 6.82. The summed E-state index contributed by atoms with van der Waals surface area (Å²) in [5, 5.41) is 6.01. The van der Waals surface area contributed by atoms with Crippen molar-refractivity contribution in [2.75, 3.05) is 24.4 Å². The van der Waals surface area contributed by atoms with Crippen LogP contribution in [0.1, 0.15) is 30.1 Å². The molecule has 0 aliphatic carbocycles. The van der Waals surface area contributed by atoms with Gasteiger partial charge in [-0.2, -0.15) is 0 Å². The molecule has 2 aromatic carbocycles. The van der Waals surface area contributed by atoms with E-state index in [1.54, 1.807) is 56.5 Å². The molecule has 162 valence electrons. The van der Waals surface area contributed by atoms with E-state index >= 15 is 0 Å². The standard InChI is InChI=1S/C22H24N4O4S/c1-3-19(27)23-15-6-4-7-16(13-15)24-20(28)14-8-9-17-18(12-14)25-22(31)26(21(17)29)10-5-11-30-2/h4,6-9,12-13H,3,5,10-11H2,1-2H3,(H,23,27)(H,24,28)(H,25,31). The Balaban J connectivity index is 1.83. The fourth-order valence-electron chi connectivity index (χ4n) is 3.09. The van der Waals surface area contributed by atoms with E-state index in [0.717, 1.165) is 0 Å². The molecule has 0 unspecified atom stereocenters. The third-order valence-corrected chi connectivity index (χ3v) is 5.02. The van der Waals surface area contributed by atoms with Crippen LogP contribution in [0, 0.1) is 4.77 Å². The van der Waals surface area contributed by atoms with Crippen molar-refractivity contribution < 1.29 is 14.3 Å². The second-order valence-electron chi connectivity index (χ2n) is 6.93. The summed E-state index contributed by atoms with van der Waals surface area (Å²) in [6.07, 6.45) is 1.03. The number of anilines is 2. The first kappa shape index (κ1) is 22.4. The minimum absolute atomic E-state index is 0.110. The summed E-state index contributed by atoms with van der Waals surface area (Å²) in [5.41, 5.74) is 1.80. The van der Waals surface area contributed by atoms with Crippen LogP contribution in [-0.2, 0) is 16.1 Å². The average molecular weight is 441 g/mol. The number of ether oxygens (including phenoxy) is 1. The Morgan fingerprint density at radius 1 is 1.13 bits per heavy atom. The number of nitrogens with zero attached hydrogens (tertiary/aromatic N) is 1. The second kappa shape index (κ2) is 10.1. The zero-order valence-corrected chi connectivity index (χ0v) is 18.2. The molecule has 3 N–H and O–H groups in total.